The molecule has 1 saturated carbocycles. The highest BCUT2D eigenvalue weighted by Gasteiger charge is 2.53. The molecule has 0 spiro atoms. The van der Waals surface area contributed by atoms with E-state index in [2.05, 4.69) is 15.6 Å². The summed E-state index contributed by atoms with van der Waals surface area (Å²) in [7, 11) is 0. The second-order valence-corrected chi connectivity index (χ2v) is 13.0. The summed E-state index contributed by atoms with van der Waals surface area (Å²) >= 11 is 1.54. The van der Waals surface area contributed by atoms with Gasteiger partial charge in [-0.2, -0.15) is 0 Å². The van der Waals surface area contributed by atoms with Gasteiger partial charge in [-0.15, -0.1) is 11.3 Å². The largest absolute Gasteiger partial charge is 0.491 e. The molecule has 218 valence electrons. The number of hydrogen-bond acceptors (Lipinski definition) is 7. The van der Waals surface area contributed by atoms with Crippen molar-refractivity contribution in [2.24, 2.45) is 5.41 Å². The first-order chi connectivity index (χ1) is 18.7. The number of hydrogen-bond donors (Lipinski definition) is 3. The number of benzene rings is 1. The Hall–Kier alpha value is -3.05. The van der Waals surface area contributed by atoms with Crippen LogP contribution in [0, 0.1) is 12.3 Å². The number of aliphatic hydroxyl groups is 1. The molecule has 2 aromatic rings. The number of alkyl halides is 1. The summed E-state index contributed by atoms with van der Waals surface area (Å²) in [6, 6.07) is 3.80. The number of β-amino-alcohol motifs (C(OH)–C–C–N with tert-alkyl or cyclic N) is 1. The first kappa shape index (κ1) is 29.9. The molecule has 3 N–H and O–H groups in total. The SMILES string of the molecule is Cc1ncsc1-c1ccc(CNC(=O)C2C[C@@H](O)CN2C(=O)[C@@H](NC(=O)C2(F)CC2)C(C)(C)C)c(OC(C)C)c1. The fourth-order valence-electron chi connectivity index (χ4n) is 4.80. The standard InChI is InChI=1S/C29H39FN4O5S/c1-16(2)39-22-11-18(23-17(3)32-15-40-23)7-8-19(22)13-31-25(36)21-12-20(35)14-34(21)26(37)24(28(4,5)6)33-27(38)29(30)9-10-29/h7-8,11,15-16,20-21,24,35H,9-10,12-14H2,1-6H3,(H,31,36)(H,33,38)/t20-,21?,24-/m1/s1. The van der Waals surface area contributed by atoms with Gasteiger partial charge in [0.1, 0.15) is 17.8 Å². The van der Waals surface area contributed by atoms with Crippen LogP contribution in [0.5, 0.6) is 5.75 Å². The minimum atomic E-state index is -1.94. The number of likely N-dealkylation sites (tertiary alicyclic amines) is 1. The van der Waals surface area contributed by atoms with Crippen molar-refractivity contribution in [2.75, 3.05) is 6.54 Å². The number of aromatic nitrogens is 1. The van der Waals surface area contributed by atoms with Crippen LogP contribution in [-0.2, 0) is 20.9 Å². The summed E-state index contributed by atoms with van der Waals surface area (Å²) in [5.41, 5.74) is 1.78. The Balaban J connectivity index is 1.49. The van der Waals surface area contributed by atoms with Gasteiger partial charge >= 0.3 is 0 Å². The predicted molar refractivity (Wildman–Crippen MR) is 150 cm³/mol. The lowest BCUT2D eigenvalue weighted by molar-refractivity contribution is -0.145. The molecule has 2 fully saturated rings. The number of aryl methyl sites for hydroxylation is 1. The van der Waals surface area contributed by atoms with Crippen LogP contribution in [-0.4, -0.2) is 69.2 Å². The van der Waals surface area contributed by atoms with Crippen LogP contribution in [0.3, 0.4) is 0 Å². The van der Waals surface area contributed by atoms with Gasteiger partial charge in [0.05, 0.1) is 28.3 Å². The number of ether oxygens (including phenoxy) is 1. The maximum absolute atomic E-state index is 14.4. The summed E-state index contributed by atoms with van der Waals surface area (Å²) < 4.78 is 20.4. The fraction of sp³-hybridized carbons (Fsp3) is 0.586. The van der Waals surface area contributed by atoms with Gasteiger partial charge in [-0.05, 0) is 50.7 Å². The van der Waals surface area contributed by atoms with Crippen molar-refractivity contribution in [3.63, 3.8) is 0 Å². The van der Waals surface area contributed by atoms with Crippen molar-refractivity contribution in [1.29, 1.82) is 0 Å². The van der Waals surface area contributed by atoms with Gasteiger partial charge in [-0.1, -0.05) is 32.9 Å². The molecule has 0 radical (unpaired) electrons. The Bertz CT molecular complexity index is 1270. The third-order valence-corrected chi connectivity index (χ3v) is 8.22. The quantitative estimate of drug-likeness (QED) is 0.422. The van der Waals surface area contributed by atoms with Gasteiger partial charge in [0.15, 0.2) is 5.67 Å². The van der Waals surface area contributed by atoms with E-state index in [4.69, 9.17) is 4.74 Å². The molecule has 1 aromatic carbocycles. The number of halogens is 1. The molecule has 9 nitrogen and oxygen atoms in total. The molecule has 1 aliphatic heterocycles. The predicted octanol–water partition coefficient (Wildman–Crippen LogP) is 3.52. The van der Waals surface area contributed by atoms with Crippen molar-refractivity contribution < 1.29 is 28.6 Å². The van der Waals surface area contributed by atoms with E-state index in [0.717, 1.165) is 21.7 Å². The summed E-state index contributed by atoms with van der Waals surface area (Å²) in [5.74, 6) is -1.12. The molecule has 40 heavy (non-hydrogen) atoms. The van der Waals surface area contributed by atoms with Crippen molar-refractivity contribution in [2.45, 2.75) is 97.3 Å². The molecule has 1 saturated heterocycles. The van der Waals surface area contributed by atoms with Crippen LogP contribution in [0.1, 0.15) is 65.1 Å². The number of amides is 3. The summed E-state index contributed by atoms with van der Waals surface area (Å²) in [5, 5.41) is 15.9. The lowest BCUT2D eigenvalue weighted by atomic mass is 9.85. The molecule has 1 unspecified atom stereocenters. The van der Waals surface area contributed by atoms with Gasteiger partial charge in [0.2, 0.25) is 11.8 Å². The zero-order valence-electron chi connectivity index (χ0n) is 23.9. The minimum absolute atomic E-state index is 0.0508. The third kappa shape index (κ3) is 6.63. The fourth-order valence-corrected chi connectivity index (χ4v) is 5.60. The monoisotopic (exact) mass is 574 g/mol. The van der Waals surface area contributed by atoms with E-state index >= 15 is 0 Å². The number of thiazole rings is 1. The lowest BCUT2D eigenvalue weighted by Crippen LogP contribution is -2.59. The number of carbonyl (C=O) groups excluding carboxylic acids is 3. The Morgan fingerprint density at radius 1 is 1.27 bits per heavy atom. The maximum atomic E-state index is 14.4. The van der Waals surface area contributed by atoms with Crippen LogP contribution in [0.25, 0.3) is 10.4 Å². The molecule has 2 aliphatic rings. The van der Waals surface area contributed by atoms with Crippen LogP contribution in [0.4, 0.5) is 4.39 Å². The van der Waals surface area contributed by atoms with Crippen molar-refractivity contribution >= 4 is 29.1 Å². The van der Waals surface area contributed by atoms with E-state index in [1.807, 2.05) is 39.0 Å². The van der Waals surface area contributed by atoms with E-state index in [1.165, 1.54) is 4.90 Å². The maximum Gasteiger partial charge on any atom is 0.258 e. The van der Waals surface area contributed by atoms with Gasteiger partial charge < -0.3 is 25.4 Å². The summed E-state index contributed by atoms with van der Waals surface area (Å²) in [4.78, 5) is 46.1. The van der Waals surface area contributed by atoms with E-state index in [9.17, 15) is 23.9 Å². The number of nitrogens with zero attached hydrogens (tertiary/aromatic N) is 2. The van der Waals surface area contributed by atoms with Gasteiger partial charge in [0.25, 0.3) is 5.91 Å². The second kappa shape index (κ2) is 11.4. The lowest BCUT2D eigenvalue weighted by Gasteiger charge is -2.35. The molecular formula is C29H39FN4O5S. The van der Waals surface area contributed by atoms with E-state index < -0.39 is 47.0 Å². The Labute approximate surface area is 238 Å². The van der Waals surface area contributed by atoms with E-state index in [0.29, 0.717) is 5.75 Å². The number of rotatable bonds is 9. The Morgan fingerprint density at radius 2 is 1.98 bits per heavy atom. The molecule has 4 rings (SSSR count). The molecule has 3 amide bonds. The number of carbonyl (C=O) groups is 3. The average Bonchev–Trinajstić information content (AvgIpc) is 3.28. The zero-order valence-corrected chi connectivity index (χ0v) is 24.7. The normalized spacial score (nSPS) is 20.8. The Morgan fingerprint density at radius 3 is 2.55 bits per heavy atom. The summed E-state index contributed by atoms with van der Waals surface area (Å²) in [6.07, 6.45) is -0.660. The molecule has 1 aliphatic carbocycles. The molecule has 0 bridgehead atoms. The topological polar surface area (TPSA) is 121 Å². The minimum Gasteiger partial charge on any atom is -0.491 e. The van der Waals surface area contributed by atoms with Crippen LogP contribution < -0.4 is 15.4 Å². The molecule has 11 heteroatoms. The van der Waals surface area contributed by atoms with Crippen molar-refractivity contribution in [3.05, 3.63) is 35.0 Å². The molecular weight excluding hydrogens is 535 g/mol. The Kier molecular flexibility index (Phi) is 8.56. The first-order valence-corrected chi connectivity index (χ1v) is 14.5. The van der Waals surface area contributed by atoms with E-state index in [-0.39, 0.29) is 38.5 Å². The smallest absolute Gasteiger partial charge is 0.258 e. The van der Waals surface area contributed by atoms with E-state index in [1.54, 1.807) is 37.6 Å². The molecule has 1 aromatic heterocycles. The van der Waals surface area contributed by atoms with Crippen LogP contribution in [0.15, 0.2) is 23.7 Å². The summed E-state index contributed by atoms with van der Waals surface area (Å²) in [6.45, 7) is 11.2. The molecule has 2 heterocycles. The average molecular weight is 575 g/mol. The highest BCUT2D eigenvalue weighted by Crippen LogP contribution is 2.40. The van der Waals surface area contributed by atoms with Gasteiger partial charge in [-0.3, -0.25) is 14.4 Å². The van der Waals surface area contributed by atoms with Gasteiger partial charge in [-0.25, -0.2) is 9.37 Å². The van der Waals surface area contributed by atoms with Crippen molar-refractivity contribution in [1.82, 2.24) is 20.5 Å². The zero-order chi connectivity index (χ0) is 29.4. The number of nitrogens with one attached hydrogen (secondary N) is 2. The number of aliphatic hydroxyl groups excluding tert-OH is 1. The van der Waals surface area contributed by atoms with Gasteiger partial charge in [0, 0.05) is 25.1 Å². The van der Waals surface area contributed by atoms with Crippen LogP contribution in [0.2, 0.25) is 0 Å². The third-order valence-electron chi connectivity index (χ3n) is 7.24. The molecule has 3 atom stereocenters. The van der Waals surface area contributed by atoms with Crippen LogP contribution >= 0.6 is 11.3 Å². The first-order valence-electron chi connectivity index (χ1n) is 13.7. The highest BCUT2D eigenvalue weighted by atomic mass is 32.1. The van der Waals surface area contributed by atoms with Crippen molar-refractivity contribution in [3.8, 4) is 16.2 Å². The second-order valence-electron chi connectivity index (χ2n) is 12.1. The highest BCUT2D eigenvalue weighted by molar-refractivity contribution is 7.13.